The zero-order chi connectivity index (χ0) is 17.1. The van der Waals surface area contributed by atoms with E-state index in [9.17, 15) is 4.79 Å². The molecule has 0 aliphatic carbocycles. The maximum absolute atomic E-state index is 12.7. The third kappa shape index (κ3) is 3.40. The zero-order valence-corrected chi connectivity index (χ0v) is 14.1. The Morgan fingerprint density at radius 3 is 2.52 bits per heavy atom. The molecule has 2 aromatic rings. The number of carbonyl (C=O) groups is 1. The Labute approximate surface area is 147 Å². The summed E-state index contributed by atoms with van der Waals surface area (Å²) >= 11 is 0. The molecule has 0 spiro atoms. The number of hydrogen-bond acceptors (Lipinski definition) is 4. The van der Waals surface area contributed by atoms with Crippen LogP contribution in [-0.2, 0) is 4.79 Å². The maximum Gasteiger partial charge on any atom is 0.269 e. The van der Waals surface area contributed by atoms with Crippen molar-refractivity contribution < 1.29 is 14.3 Å². The standard InChI is InChI=1S/C20H22N2O3/c23-20(19-14-24-17-10-4-5-11-18(17)25-19)21-15-8-2-3-9-16(15)22-12-6-1-7-13-22/h2-5,8-11,19H,1,6-7,12-14H2,(H,21,23)/t19-/m0/s1. The number of ether oxygens (including phenoxy) is 2. The normalized spacial score (nSPS) is 19.4. The average Bonchev–Trinajstić information content (AvgIpc) is 2.68. The quantitative estimate of drug-likeness (QED) is 0.931. The van der Waals surface area contributed by atoms with Gasteiger partial charge in [0.05, 0.1) is 11.4 Å². The number of piperidine rings is 1. The van der Waals surface area contributed by atoms with Crippen LogP contribution in [-0.4, -0.2) is 31.7 Å². The van der Waals surface area contributed by atoms with E-state index in [1.807, 2.05) is 42.5 Å². The van der Waals surface area contributed by atoms with Crippen molar-refractivity contribution in [2.75, 3.05) is 29.9 Å². The van der Waals surface area contributed by atoms with Gasteiger partial charge < -0.3 is 19.7 Å². The smallest absolute Gasteiger partial charge is 0.269 e. The largest absolute Gasteiger partial charge is 0.485 e. The number of nitrogens with one attached hydrogen (secondary N) is 1. The zero-order valence-electron chi connectivity index (χ0n) is 14.1. The van der Waals surface area contributed by atoms with Crippen LogP contribution in [0.3, 0.4) is 0 Å². The SMILES string of the molecule is O=C(Nc1ccccc1N1CCCCC1)[C@@H]1COc2ccccc2O1. The molecule has 5 heteroatoms. The number of hydrogen-bond donors (Lipinski definition) is 1. The fourth-order valence-corrected chi connectivity index (χ4v) is 3.35. The van der Waals surface area contributed by atoms with Crippen molar-refractivity contribution in [3.8, 4) is 11.5 Å². The number of para-hydroxylation sites is 4. The lowest BCUT2D eigenvalue weighted by atomic mass is 10.1. The van der Waals surface area contributed by atoms with Crippen LogP contribution >= 0.6 is 0 Å². The molecule has 0 bridgehead atoms. The van der Waals surface area contributed by atoms with Gasteiger partial charge in [-0.05, 0) is 43.5 Å². The second-order valence-corrected chi connectivity index (χ2v) is 6.42. The highest BCUT2D eigenvalue weighted by Crippen LogP contribution is 2.32. The van der Waals surface area contributed by atoms with Crippen LogP contribution in [0.1, 0.15) is 19.3 Å². The van der Waals surface area contributed by atoms with Gasteiger partial charge in [-0.25, -0.2) is 0 Å². The van der Waals surface area contributed by atoms with Gasteiger partial charge in [-0.3, -0.25) is 4.79 Å². The number of rotatable bonds is 3. The van der Waals surface area contributed by atoms with Crippen LogP contribution in [0.15, 0.2) is 48.5 Å². The molecule has 0 radical (unpaired) electrons. The molecule has 1 atom stereocenters. The van der Waals surface area contributed by atoms with Gasteiger partial charge in [0.25, 0.3) is 5.91 Å². The Hall–Kier alpha value is -2.69. The first-order valence-electron chi connectivity index (χ1n) is 8.84. The summed E-state index contributed by atoms with van der Waals surface area (Å²) in [5.41, 5.74) is 1.91. The molecular formula is C20H22N2O3. The Bertz CT molecular complexity index is 756. The highest BCUT2D eigenvalue weighted by atomic mass is 16.6. The van der Waals surface area contributed by atoms with Crippen molar-refractivity contribution in [3.05, 3.63) is 48.5 Å². The van der Waals surface area contributed by atoms with Gasteiger partial charge in [0.1, 0.15) is 6.61 Å². The Balaban J connectivity index is 1.48. The van der Waals surface area contributed by atoms with E-state index in [0.29, 0.717) is 11.5 Å². The molecule has 2 aliphatic heterocycles. The highest BCUT2D eigenvalue weighted by Gasteiger charge is 2.28. The Morgan fingerprint density at radius 1 is 0.960 bits per heavy atom. The summed E-state index contributed by atoms with van der Waals surface area (Å²) in [6, 6.07) is 15.4. The van der Waals surface area contributed by atoms with Gasteiger partial charge in [-0.2, -0.15) is 0 Å². The van der Waals surface area contributed by atoms with Crippen LogP contribution in [0.4, 0.5) is 11.4 Å². The molecule has 25 heavy (non-hydrogen) atoms. The number of nitrogens with zero attached hydrogens (tertiary/aromatic N) is 1. The monoisotopic (exact) mass is 338 g/mol. The minimum Gasteiger partial charge on any atom is -0.485 e. The van der Waals surface area contributed by atoms with Gasteiger partial charge in [0.15, 0.2) is 11.5 Å². The van der Waals surface area contributed by atoms with Crippen molar-refractivity contribution in [2.24, 2.45) is 0 Å². The Kier molecular flexibility index (Phi) is 4.46. The van der Waals surface area contributed by atoms with Crippen LogP contribution in [0, 0.1) is 0 Å². The molecule has 4 rings (SSSR count). The van der Waals surface area contributed by atoms with Crippen molar-refractivity contribution >= 4 is 17.3 Å². The number of fused-ring (bicyclic) bond motifs is 1. The van der Waals surface area contributed by atoms with E-state index in [4.69, 9.17) is 9.47 Å². The van der Waals surface area contributed by atoms with E-state index >= 15 is 0 Å². The van der Waals surface area contributed by atoms with Crippen molar-refractivity contribution in [1.29, 1.82) is 0 Å². The molecule has 1 saturated heterocycles. The van der Waals surface area contributed by atoms with Crippen LogP contribution in [0.25, 0.3) is 0 Å². The summed E-state index contributed by atoms with van der Waals surface area (Å²) < 4.78 is 11.4. The van der Waals surface area contributed by atoms with E-state index in [0.717, 1.165) is 24.5 Å². The van der Waals surface area contributed by atoms with E-state index < -0.39 is 6.10 Å². The van der Waals surface area contributed by atoms with Crippen molar-refractivity contribution in [2.45, 2.75) is 25.4 Å². The molecule has 0 unspecified atom stereocenters. The summed E-state index contributed by atoms with van der Waals surface area (Å²) in [7, 11) is 0. The average molecular weight is 338 g/mol. The molecule has 0 aromatic heterocycles. The maximum atomic E-state index is 12.7. The molecular weight excluding hydrogens is 316 g/mol. The molecule has 2 aliphatic rings. The molecule has 5 nitrogen and oxygen atoms in total. The van der Waals surface area contributed by atoms with Crippen molar-refractivity contribution in [3.63, 3.8) is 0 Å². The molecule has 1 fully saturated rings. The predicted octanol–water partition coefficient (Wildman–Crippen LogP) is 3.46. The number of carbonyl (C=O) groups excluding carboxylic acids is 1. The van der Waals surface area contributed by atoms with Gasteiger partial charge >= 0.3 is 0 Å². The first kappa shape index (κ1) is 15.8. The van der Waals surface area contributed by atoms with E-state index in [1.54, 1.807) is 0 Å². The molecule has 0 saturated carbocycles. The van der Waals surface area contributed by atoms with Crippen LogP contribution in [0.5, 0.6) is 11.5 Å². The second-order valence-electron chi connectivity index (χ2n) is 6.42. The summed E-state index contributed by atoms with van der Waals surface area (Å²) in [5, 5.41) is 3.02. The highest BCUT2D eigenvalue weighted by molar-refractivity contribution is 5.97. The molecule has 130 valence electrons. The minimum atomic E-state index is -0.649. The third-order valence-electron chi connectivity index (χ3n) is 4.66. The van der Waals surface area contributed by atoms with E-state index in [2.05, 4.69) is 16.3 Å². The predicted molar refractivity (Wildman–Crippen MR) is 97.5 cm³/mol. The molecule has 2 aromatic carbocycles. The van der Waals surface area contributed by atoms with Crippen molar-refractivity contribution in [1.82, 2.24) is 0 Å². The third-order valence-corrected chi connectivity index (χ3v) is 4.66. The van der Waals surface area contributed by atoms with Gasteiger partial charge in [-0.1, -0.05) is 24.3 Å². The molecule has 1 amide bonds. The minimum absolute atomic E-state index is 0.182. The second kappa shape index (κ2) is 7.05. The van der Waals surface area contributed by atoms with Gasteiger partial charge in [0.2, 0.25) is 6.10 Å². The van der Waals surface area contributed by atoms with Gasteiger partial charge in [0, 0.05) is 13.1 Å². The number of amides is 1. The fourth-order valence-electron chi connectivity index (χ4n) is 3.35. The molecule has 1 N–H and O–H groups in total. The lowest BCUT2D eigenvalue weighted by Gasteiger charge is -2.31. The van der Waals surface area contributed by atoms with Crippen LogP contribution in [0.2, 0.25) is 0 Å². The summed E-state index contributed by atoms with van der Waals surface area (Å²) in [6.45, 7) is 2.28. The first-order chi connectivity index (χ1) is 12.3. The molecule has 2 heterocycles. The van der Waals surface area contributed by atoms with E-state index in [-0.39, 0.29) is 12.5 Å². The Morgan fingerprint density at radius 2 is 1.68 bits per heavy atom. The fraction of sp³-hybridized carbons (Fsp3) is 0.350. The lowest BCUT2D eigenvalue weighted by Crippen LogP contribution is -2.40. The van der Waals surface area contributed by atoms with Crippen LogP contribution < -0.4 is 19.7 Å². The lowest BCUT2D eigenvalue weighted by molar-refractivity contribution is -0.125. The first-order valence-corrected chi connectivity index (χ1v) is 8.84. The summed E-state index contributed by atoms with van der Waals surface area (Å²) in [4.78, 5) is 15.0. The topological polar surface area (TPSA) is 50.8 Å². The summed E-state index contributed by atoms with van der Waals surface area (Å²) in [5.74, 6) is 1.11. The number of benzene rings is 2. The summed E-state index contributed by atoms with van der Waals surface area (Å²) in [6.07, 6.45) is 3.01. The number of anilines is 2. The van der Waals surface area contributed by atoms with Gasteiger partial charge in [-0.15, -0.1) is 0 Å². The van der Waals surface area contributed by atoms with E-state index in [1.165, 1.54) is 19.3 Å².